The molecule has 3 atom stereocenters. The Labute approximate surface area is 222 Å². The SMILES string of the molecule is COc1ccc2c(c1)C1=N[C@@H](CC(=O)NCCCCCNC(C)=O)C3NN(c4cc(Cl)ccc41)C(C)N23. The summed E-state index contributed by atoms with van der Waals surface area (Å²) in [6.07, 6.45) is 2.73. The third-order valence-corrected chi connectivity index (χ3v) is 7.40. The van der Waals surface area contributed by atoms with Crippen molar-refractivity contribution in [1.29, 1.82) is 0 Å². The Bertz CT molecular complexity index is 1230. The first-order chi connectivity index (χ1) is 17.9. The Morgan fingerprint density at radius 2 is 1.84 bits per heavy atom. The van der Waals surface area contributed by atoms with Crippen molar-refractivity contribution < 1.29 is 14.3 Å². The van der Waals surface area contributed by atoms with Crippen LogP contribution in [0.4, 0.5) is 11.4 Å². The van der Waals surface area contributed by atoms with Crippen LogP contribution < -0.4 is 30.7 Å². The van der Waals surface area contributed by atoms with Crippen molar-refractivity contribution in [2.75, 3.05) is 30.1 Å². The Morgan fingerprint density at radius 1 is 1.05 bits per heavy atom. The first kappa shape index (κ1) is 25.4. The highest BCUT2D eigenvalue weighted by atomic mass is 35.5. The van der Waals surface area contributed by atoms with E-state index >= 15 is 0 Å². The summed E-state index contributed by atoms with van der Waals surface area (Å²) in [5.41, 5.74) is 8.41. The third-order valence-electron chi connectivity index (χ3n) is 7.16. The number of carbonyl (C=O) groups is 2. The maximum atomic E-state index is 13.0. The molecule has 4 heterocycles. The van der Waals surface area contributed by atoms with Gasteiger partial charge in [-0.05, 0) is 62.6 Å². The predicted molar refractivity (Wildman–Crippen MR) is 145 cm³/mol. The lowest BCUT2D eigenvalue weighted by atomic mass is 9.96. The smallest absolute Gasteiger partial charge is 0.222 e. The summed E-state index contributed by atoms with van der Waals surface area (Å²) in [5.74, 6) is 0.715. The number of hydrazine groups is 1. The summed E-state index contributed by atoms with van der Waals surface area (Å²) in [6.45, 7) is 4.92. The van der Waals surface area contributed by atoms with Crippen molar-refractivity contribution >= 4 is 40.5 Å². The number of halogens is 1. The number of benzene rings is 2. The van der Waals surface area contributed by atoms with E-state index in [0.29, 0.717) is 18.1 Å². The topological polar surface area (TPSA) is 98.3 Å². The van der Waals surface area contributed by atoms with Crippen molar-refractivity contribution in [2.24, 2.45) is 4.99 Å². The second-order valence-corrected chi connectivity index (χ2v) is 10.1. The van der Waals surface area contributed by atoms with Gasteiger partial charge in [-0.2, -0.15) is 0 Å². The van der Waals surface area contributed by atoms with Crippen LogP contribution in [0.2, 0.25) is 5.02 Å². The lowest BCUT2D eigenvalue weighted by Crippen LogP contribution is -2.48. The lowest BCUT2D eigenvalue weighted by molar-refractivity contribution is -0.121. The zero-order valence-corrected chi connectivity index (χ0v) is 22.1. The summed E-state index contributed by atoms with van der Waals surface area (Å²) < 4.78 is 5.55. The zero-order valence-electron chi connectivity index (χ0n) is 21.4. The molecule has 10 heteroatoms. The number of amides is 2. The van der Waals surface area contributed by atoms with Crippen LogP contribution in [0.3, 0.4) is 0 Å². The molecule has 1 fully saturated rings. The number of hydrogen-bond acceptors (Lipinski definition) is 7. The number of methoxy groups -OCH3 is 1. The molecule has 0 aliphatic carbocycles. The molecule has 4 bridgehead atoms. The molecule has 0 saturated carbocycles. The number of anilines is 2. The van der Waals surface area contributed by atoms with Gasteiger partial charge in [0.1, 0.15) is 18.1 Å². The fourth-order valence-electron chi connectivity index (χ4n) is 5.38. The molecule has 0 radical (unpaired) electrons. The van der Waals surface area contributed by atoms with Crippen LogP contribution in [0, 0.1) is 0 Å². The molecule has 9 nitrogen and oxygen atoms in total. The normalized spacial score (nSPS) is 21.0. The highest BCUT2D eigenvalue weighted by Gasteiger charge is 2.47. The number of hydrogen-bond donors (Lipinski definition) is 3. The zero-order chi connectivity index (χ0) is 26.1. The molecule has 0 spiro atoms. The van der Waals surface area contributed by atoms with Gasteiger partial charge in [0, 0.05) is 41.9 Å². The highest BCUT2D eigenvalue weighted by molar-refractivity contribution is 6.31. The Kier molecular flexibility index (Phi) is 7.26. The van der Waals surface area contributed by atoms with Crippen molar-refractivity contribution in [3.8, 4) is 5.75 Å². The minimum absolute atomic E-state index is 0.0152. The van der Waals surface area contributed by atoms with E-state index in [2.05, 4.69) is 39.0 Å². The van der Waals surface area contributed by atoms with Crippen molar-refractivity contribution in [2.45, 2.75) is 57.9 Å². The maximum absolute atomic E-state index is 13.0. The lowest BCUT2D eigenvalue weighted by Gasteiger charge is -2.33. The third kappa shape index (κ3) is 4.98. The standard InChI is InChI=1S/C27H33ClN6O3/c1-16(35)29-11-5-4-6-12-30-25(36)15-22-27-32-34-17(2)33(27)23-10-8-19(37-3)14-21(23)26(31-22)20-9-7-18(28)13-24(20)34/h7-10,13-14,17,22,27,32H,4-6,11-12,15H2,1-3H3,(H,29,35)(H,30,36)/t17?,22-,27?/m0/s1. The Morgan fingerprint density at radius 3 is 2.59 bits per heavy atom. The van der Waals surface area contributed by atoms with Crippen LogP contribution in [-0.4, -0.2) is 56.1 Å². The fraction of sp³-hybridized carbons (Fsp3) is 0.444. The van der Waals surface area contributed by atoms with Gasteiger partial charge in [0.25, 0.3) is 0 Å². The minimum atomic E-state index is -0.301. The number of carbonyl (C=O) groups excluding carboxylic acids is 2. The second kappa shape index (κ2) is 10.6. The van der Waals surface area contributed by atoms with Crippen LogP contribution in [0.15, 0.2) is 41.4 Å². The molecule has 6 rings (SSSR count). The average Bonchev–Trinajstić information content (AvgIpc) is 3.17. The quantitative estimate of drug-likeness (QED) is 0.436. The molecule has 1 saturated heterocycles. The first-order valence-electron chi connectivity index (χ1n) is 12.8. The molecular weight excluding hydrogens is 492 g/mol. The molecule has 37 heavy (non-hydrogen) atoms. The Hall–Kier alpha value is -3.30. The molecule has 2 aromatic carbocycles. The van der Waals surface area contributed by atoms with Crippen molar-refractivity contribution in [3.05, 3.63) is 52.5 Å². The van der Waals surface area contributed by atoms with Gasteiger partial charge in [0.15, 0.2) is 0 Å². The van der Waals surface area contributed by atoms with E-state index in [1.54, 1.807) is 7.11 Å². The molecule has 196 valence electrons. The molecule has 2 amide bonds. The number of rotatable bonds is 9. The molecule has 2 unspecified atom stereocenters. The minimum Gasteiger partial charge on any atom is -0.497 e. The maximum Gasteiger partial charge on any atom is 0.222 e. The number of nitrogens with one attached hydrogen (secondary N) is 3. The first-order valence-corrected chi connectivity index (χ1v) is 13.2. The van der Waals surface area contributed by atoms with Crippen LogP contribution >= 0.6 is 11.6 Å². The molecule has 2 aromatic rings. The van der Waals surface area contributed by atoms with Gasteiger partial charge in [-0.25, -0.2) is 5.43 Å². The van der Waals surface area contributed by atoms with E-state index in [1.165, 1.54) is 6.92 Å². The van der Waals surface area contributed by atoms with Crippen LogP contribution in [-0.2, 0) is 9.59 Å². The van der Waals surface area contributed by atoms with Gasteiger partial charge in [-0.3, -0.25) is 19.6 Å². The molecule has 0 aromatic heterocycles. The fourth-order valence-corrected chi connectivity index (χ4v) is 5.55. The van der Waals surface area contributed by atoms with Crippen LogP contribution in [0.5, 0.6) is 5.75 Å². The molecule has 3 N–H and O–H groups in total. The monoisotopic (exact) mass is 524 g/mol. The van der Waals surface area contributed by atoms with Crippen LogP contribution in [0.25, 0.3) is 0 Å². The summed E-state index contributed by atoms with van der Waals surface area (Å²) in [6, 6.07) is 11.6. The predicted octanol–water partition coefficient (Wildman–Crippen LogP) is 3.20. The number of aliphatic imine (C=N–C) groups is 1. The van der Waals surface area contributed by atoms with Gasteiger partial charge in [0.05, 0.1) is 31.0 Å². The number of ether oxygens (including phenoxy) is 1. The summed E-state index contributed by atoms with van der Waals surface area (Å²) >= 11 is 6.40. The van der Waals surface area contributed by atoms with E-state index in [0.717, 1.165) is 53.2 Å². The average molecular weight is 525 g/mol. The number of nitrogens with zero attached hydrogens (tertiary/aromatic N) is 3. The highest BCUT2D eigenvalue weighted by Crippen LogP contribution is 2.43. The van der Waals surface area contributed by atoms with Gasteiger partial charge in [-0.15, -0.1) is 0 Å². The summed E-state index contributed by atoms with van der Waals surface area (Å²) in [5, 5.41) is 8.64. The molecular formula is C27H33ClN6O3. The van der Waals surface area contributed by atoms with Crippen molar-refractivity contribution in [1.82, 2.24) is 16.1 Å². The number of fused-ring (bicyclic) bond motifs is 1. The van der Waals surface area contributed by atoms with Crippen LogP contribution in [0.1, 0.15) is 50.7 Å². The van der Waals surface area contributed by atoms with E-state index in [1.807, 2.05) is 30.3 Å². The van der Waals surface area contributed by atoms with E-state index < -0.39 is 0 Å². The van der Waals surface area contributed by atoms with Crippen molar-refractivity contribution in [3.63, 3.8) is 0 Å². The van der Waals surface area contributed by atoms with Gasteiger partial charge in [0.2, 0.25) is 11.8 Å². The number of unbranched alkanes of at least 4 members (excludes halogenated alkanes) is 2. The van der Waals surface area contributed by atoms with Gasteiger partial charge < -0.3 is 20.3 Å². The Balaban J connectivity index is 1.40. The largest absolute Gasteiger partial charge is 0.497 e. The molecule has 4 aliphatic rings. The summed E-state index contributed by atoms with van der Waals surface area (Å²) in [4.78, 5) is 31.5. The second-order valence-electron chi connectivity index (χ2n) is 9.67. The van der Waals surface area contributed by atoms with E-state index in [9.17, 15) is 9.59 Å². The summed E-state index contributed by atoms with van der Waals surface area (Å²) in [7, 11) is 1.66. The van der Waals surface area contributed by atoms with E-state index in [4.69, 9.17) is 21.3 Å². The van der Waals surface area contributed by atoms with E-state index in [-0.39, 0.29) is 36.6 Å². The molecule has 4 aliphatic heterocycles. The van der Waals surface area contributed by atoms with Gasteiger partial charge >= 0.3 is 0 Å². The van der Waals surface area contributed by atoms with Gasteiger partial charge in [-0.1, -0.05) is 11.6 Å².